The fraction of sp³-hybridized carbons (Fsp3) is 0.933. The number of likely N-dealkylation sites (tertiary alicyclic amines) is 1. The van der Waals surface area contributed by atoms with Gasteiger partial charge in [0.2, 0.25) is 5.91 Å². The zero-order valence-corrected chi connectivity index (χ0v) is 13.0. The van der Waals surface area contributed by atoms with E-state index in [1.165, 1.54) is 0 Å². The lowest BCUT2D eigenvalue weighted by Gasteiger charge is -2.36. The Balaban J connectivity index is 1.84. The molecule has 0 bridgehead atoms. The van der Waals surface area contributed by atoms with E-state index in [4.69, 9.17) is 4.74 Å². The van der Waals surface area contributed by atoms with Crippen LogP contribution in [0.15, 0.2) is 0 Å². The van der Waals surface area contributed by atoms with Gasteiger partial charge in [0.25, 0.3) is 0 Å². The number of nitrogens with one attached hydrogen (secondary N) is 2. The molecule has 4 unspecified atom stereocenters. The molecule has 0 aromatic heterocycles. The zero-order valence-electron chi connectivity index (χ0n) is 13.0. The summed E-state index contributed by atoms with van der Waals surface area (Å²) in [6.07, 6.45) is 2.13. The van der Waals surface area contributed by atoms with E-state index in [9.17, 15) is 4.79 Å². The van der Waals surface area contributed by atoms with E-state index in [1.807, 2.05) is 0 Å². The van der Waals surface area contributed by atoms with E-state index in [0.29, 0.717) is 25.2 Å². The van der Waals surface area contributed by atoms with E-state index < -0.39 is 0 Å². The van der Waals surface area contributed by atoms with Gasteiger partial charge < -0.3 is 20.3 Å². The standard InChI is InChI=1S/C15H29N3O2/c1-4-6-16-14-10-20-9-12(14)15(19)17-13-5-7-18(3)8-11(13)2/h11-14,16H,4-10H2,1-3H3,(H,17,19). The van der Waals surface area contributed by atoms with Crippen LogP contribution in [0.1, 0.15) is 26.7 Å². The highest BCUT2D eigenvalue weighted by Crippen LogP contribution is 2.18. The highest BCUT2D eigenvalue weighted by Gasteiger charge is 2.35. The highest BCUT2D eigenvalue weighted by atomic mass is 16.5. The van der Waals surface area contributed by atoms with E-state index in [1.54, 1.807) is 0 Å². The van der Waals surface area contributed by atoms with Gasteiger partial charge in [-0.3, -0.25) is 4.79 Å². The number of nitrogens with zero attached hydrogens (tertiary/aromatic N) is 1. The molecule has 2 aliphatic heterocycles. The van der Waals surface area contributed by atoms with Crippen molar-refractivity contribution in [2.24, 2.45) is 11.8 Å². The average molecular weight is 283 g/mol. The number of piperidine rings is 1. The fourth-order valence-electron chi connectivity index (χ4n) is 3.20. The zero-order chi connectivity index (χ0) is 14.5. The molecular formula is C15H29N3O2. The van der Waals surface area contributed by atoms with E-state index in [0.717, 1.165) is 32.5 Å². The van der Waals surface area contributed by atoms with Crippen molar-refractivity contribution in [1.82, 2.24) is 15.5 Å². The normalized spacial score (nSPS) is 35.1. The van der Waals surface area contributed by atoms with Crippen LogP contribution < -0.4 is 10.6 Å². The minimum absolute atomic E-state index is 0.0339. The van der Waals surface area contributed by atoms with Crippen LogP contribution in [0.5, 0.6) is 0 Å². The highest BCUT2D eigenvalue weighted by molar-refractivity contribution is 5.80. The summed E-state index contributed by atoms with van der Waals surface area (Å²) in [5.41, 5.74) is 0. The van der Waals surface area contributed by atoms with Crippen LogP contribution in [-0.2, 0) is 9.53 Å². The maximum Gasteiger partial charge on any atom is 0.227 e. The van der Waals surface area contributed by atoms with Crippen LogP contribution in [0.25, 0.3) is 0 Å². The van der Waals surface area contributed by atoms with Crippen molar-refractivity contribution in [3.05, 3.63) is 0 Å². The Morgan fingerprint density at radius 3 is 2.85 bits per heavy atom. The molecule has 1 amide bonds. The van der Waals surface area contributed by atoms with Crippen molar-refractivity contribution < 1.29 is 9.53 Å². The molecule has 0 radical (unpaired) electrons. The maximum absolute atomic E-state index is 12.5. The molecule has 5 nitrogen and oxygen atoms in total. The van der Waals surface area contributed by atoms with Gasteiger partial charge in [-0.15, -0.1) is 0 Å². The summed E-state index contributed by atoms with van der Waals surface area (Å²) >= 11 is 0. The fourth-order valence-corrected chi connectivity index (χ4v) is 3.20. The predicted octanol–water partition coefficient (Wildman–Crippen LogP) is 0.457. The Kier molecular flexibility index (Phi) is 5.81. The Morgan fingerprint density at radius 1 is 1.35 bits per heavy atom. The molecule has 116 valence electrons. The van der Waals surface area contributed by atoms with Crippen LogP contribution in [0.3, 0.4) is 0 Å². The quantitative estimate of drug-likeness (QED) is 0.769. The third-order valence-corrected chi connectivity index (χ3v) is 4.51. The summed E-state index contributed by atoms with van der Waals surface area (Å²) in [7, 11) is 2.14. The van der Waals surface area contributed by atoms with E-state index in [-0.39, 0.29) is 17.9 Å². The van der Waals surface area contributed by atoms with Gasteiger partial charge in [-0.1, -0.05) is 13.8 Å². The number of hydrogen-bond acceptors (Lipinski definition) is 4. The summed E-state index contributed by atoms with van der Waals surface area (Å²) in [5.74, 6) is 0.646. The lowest BCUT2D eigenvalue weighted by atomic mass is 9.93. The SMILES string of the molecule is CCCNC1COCC1C(=O)NC1CCN(C)CC1C. The van der Waals surface area contributed by atoms with Gasteiger partial charge in [0.15, 0.2) is 0 Å². The van der Waals surface area contributed by atoms with E-state index in [2.05, 4.69) is 36.4 Å². The van der Waals surface area contributed by atoms with Gasteiger partial charge in [0.1, 0.15) is 0 Å². The molecule has 20 heavy (non-hydrogen) atoms. The van der Waals surface area contributed by atoms with Crippen molar-refractivity contribution in [2.45, 2.75) is 38.8 Å². The minimum Gasteiger partial charge on any atom is -0.379 e. The molecule has 0 spiro atoms. The summed E-state index contributed by atoms with van der Waals surface area (Å²) in [4.78, 5) is 14.8. The van der Waals surface area contributed by atoms with Crippen LogP contribution in [0, 0.1) is 11.8 Å². The Labute approximate surface area is 122 Å². The molecule has 0 saturated carbocycles. The second-order valence-corrected chi connectivity index (χ2v) is 6.35. The van der Waals surface area contributed by atoms with Crippen LogP contribution >= 0.6 is 0 Å². The van der Waals surface area contributed by atoms with Gasteiger partial charge in [-0.05, 0) is 38.9 Å². The van der Waals surface area contributed by atoms with Crippen molar-refractivity contribution >= 4 is 5.91 Å². The lowest BCUT2D eigenvalue weighted by molar-refractivity contribution is -0.126. The summed E-state index contributed by atoms with van der Waals surface area (Å²) < 4.78 is 5.49. The first-order valence-corrected chi connectivity index (χ1v) is 7.91. The van der Waals surface area contributed by atoms with Gasteiger partial charge >= 0.3 is 0 Å². The monoisotopic (exact) mass is 283 g/mol. The Hall–Kier alpha value is -0.650. The summed E-state index contributed by atoms with van der Waals surface area (Å²) in [5, 5.41) is 6.68. The molecular weight excluding hydrogens is 254 g/mol. The first-order chi connectivity index (χ1) is 9.61. The number of ether oxygens (including phenoxy) is 1. The topological polar surface area (TPSA) is 53.6 Å². The first-order valence-electron chi connectivity index (χ1n) is 7.91. The molecule has 2 N–H and O–H groups in total. The van der Waals surface area contributed by atoms with Crippen LogP contribution in [-0.4, -0.2) is 62.8 Å². The van der Waals surface area contributed by atoms with Crippen molar-refractivity contribution in [1.29, 1.82) is 0 Å². The van der Waals surface area contributed by atoms with Gasteiger partial charge in [0.05, 0.1) is 19.1 Å². The summed E-state index contributed by atoms with van der Waals surface area (Å²) in [6.45, 7) is 8.63. The summed E-state index contributed by atoms with van der Waals surface area (Å²) in [6, 6.07) is 0.489. The van der Waals surface area contributed by atoms with Gasteiger partial charge in [0, 0.05) is 18.6 Å². The van der Waals surface area contributed by atoms with Crippen LogP contribution in [0.2, 0.25) is 0 Å². The first kappa shape index (κ1) is 15.7. The molecule has 0 aliphatic carbocycles. The second kappa shape index (κ2) is 7.38. The molecule has 2 aliphatic rings. The number of hydrogen-bond donors (Lipinski definition) is 2. The van der Waals surface area contributed by atoms with Gasteiger partial charge in [-0.2, -0.15) is 0 Å². The third-order valence-electron chi connectivity index (χ3n) is 4.51. The largest absolute Gasteiger partial charge is 0.379 e. The molecule has 2 fully saturated rings. The van der Waals surface area contributed by atoms with Crippen molar-refractivity contribution in [2.75, 3.05) is 39.9 Å². The average Bonchev–Trinajstić information content (AvgIpc) is 2.88. The van der Waals surface area contributed by atoms with Crippen molar-refractivity contribution in [3.63, 3.8) is 0 Å². The van der Waals surface area contributed by atoms with Crippen LogP contribution in [0.4, 0.5) is 0 Å². The second-order valence-electron chi connectivity index (χ2n) is 6.35. The predicted molar refractivity (Wildman–Crippen MR) is 79.6 cm³/mol. The molecule has 5 heteroatoms. The Morgan fingerprint density at radius 2 is 2.15 bits per heavy atom. The molecule has 0 aromatic rings. The molecule has 2 rings (SSSR count). The molecule has 2 heterocycles. The molecule has 0 aromatic carbocycles. The van der Waals surface area contributed by atoms with Crippen molar-refractivity contribution in [3.8, 4) is 0 Å². The Bertz CT molecular complexity index is 324. The number of amides is 1. The number of carbonyl (C=O) groups excluding carboxylic acids is 1. The number of rotatable bonds is 5. The van der Waals surface area contributed by atoms with Gasteiger partial charge in [-0.25, -0.2) is 0 Å². The lowest BCUT2D eigenvalue weighted by Crippen LogP contribution is -2.52. The smallest absolute Gasteiger partial charge is 0.227 e. The third kappa shape index (κ3) is 3.93. The number of carbonyl (C=O) groups is 1. The maximum atomic E-state index is 12.5. The molecule has 4 atom stereocenters. The van der Waals surface area contributed by atoms with E-state index >= 15 is 0 Å². The molecule has 2 saturated heterocycles. The minimum atomic E-state index is -0.0339.